The Morgan fingerprint density at radius 3 is 2.55 bits per heavy atom. The van der Waals surface area contributed by atoms with Gasteiger partial charge in [0.1, 0.15) is 12.8 Å². The first-order valence-corrected chi connectivity index (χ1v) is 11.9. The molecule has 8 nitrogen and oxygen atoms in total. The molecule has 0 amide bonds. The number of rotatable bonds is 4. The van der Waals surface area contributed by atoms with E-state index in [9.17, 15) is 4.57 Å². The Kier molecular flexibility index (Phi) is 4.23. The normalized spacial score (nSPS) is 12.6. The highest BCUT2D eigenvalue weighted by Crippen LogP contribution is 2.35. The van der Waals surface area contributed by atoms with Crippen molar-refractivity contribution < 1.29 is 13.3 Å². The Morgan fingerprint density at radius 1 is 1.03 bits per heavy atom. The zero-order chi connectivity index (χ0) is 21.8. The van der Waals surface area contributed by atoms with Crippen molar-refractivity contribution in [2.75, 3.05) is 13.3 Å². The summed E-state index contributed by atoms with van der Waals surface area (Å²) in [5, 5.41) is 8.09. The Morgan fingerprint density at radius 2 is 1.81 bits per heavy atom. The lowest BCUT2D eigenvalue weighted by molar-refractivity contribution is -0.0463. The molecule has 0 fully saturated rings. The first-order valence-electron chi connectivity index (χ1n) is 9.29. The van der Waals surface area contributed by atoms with Crippen molar-refractivity contribution in [1.29, 1.82) is 0 Å². The molecular weight excluding hydrogens is 423 g/mol. The fourth-order valence-electron chi connectivity index (χ4n) is 3.25. The van der Waals surface area contributed by atoms with Gasteiger partial charge in [-0.1, -0.05) is 29.5 Å². The second-order valence-electron chi connectivity index (χ2n) is 7.45. The number of aromatic nitrogens is 7. The number of halogens is 2. The number of alkyl halides is 2. The lowest BCUT2D eigenvalue weighted by atomic mass is 10.2. The molecule has 156 valence electrons. The average molecular weight is 439 g/mol. The van der Waals surface area contributed by atoms with E-state index in [1.165, 1.54) is 35.1 Å². The van der Waals surface area contributed by atoms with Crippen molar-refractivity contribution >= 4 is 29.4 Å². The maximum atomic E-state index is 15.3. The number of pyridine rings is 1. The summed E-state index contributed by atoms with van der Waals surface area (Å²) in [6.45, 7) is 3.36. The van der Waals surface area contributed by atoms with Crippen LogP contribution in [0.5, 0.6) is 0 Å². The fourth-order valence-corrected chi connectivity index (χ4v) is 4.12. The van der Waals surface area contributed by atoms with Crippen LogP contribution in [0.25, 0.3) is 28.2 Å². The smallest absolute Gasteiger partial charge is 0.319 e. The van der Waals surface area contributed by atoms with Gasteiger partial charge in [-0.3, -0.25) is 0 Å². The van der Waals surface area contributed by atoms with E-state index < -0.39 is 13.2 Å². The zero-order valence-electron chi connectivity index (χ0n) is 16.5. The average Bonchev–Trinajstić information content (AvgIpc) is 3.39. The molecule has 0 N–H and O–H groups in total. The van der Waals surface area contributed by atoms with E-state index in [0.717, 1.165) is 5.30 Å². The van der Waals surface area contributed by atoms with Crippen LogP contribution in [0.4, 0.5) is 8.78 Å². The van der Waals surface area contributed by atoms with Gasteiger partial charge in [-0.15, -0.1) is 5.10 Å². The summed E-state index contributed by atoms with van der Waals surface area (Å²) in [7, 11) is -2.40. The lowest BCUT2D eigenvalue weighted by Gasteiger charge is -2.17. The summed E-state index contributed by atoms with van der Waals surface area (Å²) in [6.07, 6.45) is 5.85. The van der Waals surface area contributed by atoms with Crippen LogP contribution < -0.4 is 5.30 Å². The number of hydrogen-bond donors (Lipinski definition) is 0. The van der Waals surface area contributed by atoms with Crippen LogP contribution in [0, 0.1) is 0 Å². The van der Waals surface area contributed by atoms with Crippen LogP contribution >= 0.6 is 7.14 Å². The predicted octanol–water partition coefficient (Wildman–Crippen LogP) is 3.38. The minimum absolute atomic E-state index is 0.00960. The van der Waals surface area contributed by atoms with Gasteiger partial charge in [0, 0.05) is 29.5 Å². The third-order valence-corrected chi connectivity index (χ3v) is 6.49. The predicted molar refractivity (Wildman–Crippen MR) is 112 cm³/mol. The van der Waals surface area contributed by atoms with Crippen LogP contribution in [0.1, 0.15) is 5.56 Å². The number of hydrogen-bond acceptors (Lipinski definition) is 6. The van der Waals surface area contributed by atoms with Crippen LogP contribution in [0.2, 0.25) is 0 Å². The number of fused-ring (bicyclic) bond motifs is 2. The Hall–Kier alpha value is -3.52. The minimum Gasteiger partial charge on any atom is -0.319 e. The molecule has 0 spiro atoms. The Labute approximate surface area is 175 Å². The van der Waals surface area contributed by atoms with E-state index >= 15 is 8.78 Å². The van der Waals surface area contributed by atoms with E-state index in [1.807, 2.05) is 0 Å². The van der Waals surface area contributed by atoms with Crippen molar-refractivity contribution in [3.8, 4) is 11.3 Å². The van der Waals surface area contributed by atoms with Crippen molar-refractivity contribution in [2.45, 2.75) is 6.05 Å². The van der Waals surface area contributed by atoms with E-state index in [1.54, 1.807) is 43.8 Å². The van der Waals surface area contributed by atoms with Crippen molar-refractivity contribution in [2.24, 2.45) is 0 Å². The highest BCUT2D eigenvalue weighted by atomic mass is 31.2. The van der Waals surface area contributed by atoms with Crippen molar-refractivity contribution in [3.05, 3.63) is 66.7 Å². The molecule has 31 heavy (non-hydrogen) atoms. The highest BCUT2D eigenvalue weighted by molar-refractivity contribution is 7.70. The van der Waals surface area contributed by atoms with Gasteiger partial charge < -0.3 is 8.97 Å². The molecule has 0 aliphatic carbocycles. The molecule has 0 aliphatic heterocycles. The first kappa shape index (κ1) is 19.4. The summed E-state index contributed by atoms with van der Waals surface area (Å²) in [5.41, 5.74) is 1.16. The summed E-state index contributed by atoms with van der Waals surface area (Å²) < 4.78 is 44.9. The molecule has 11 heteroatoms. The molecule has 1 aromatic carbocycles. The van der Waals surface area contributed by atoms with Gasteiger partial charge in [0.15, 0.2) is 0 Å². The molecule has 4 aromatic heterocycles. The maximum Gasteiger partial charge on any atom is 0.375 e. The second kappa shape index (κ2) is 6.75. The molecule has 0 bridgehead atoms. The van der Waals surface area contributed by atoms with Gasteiger partial charge in [-0.25, -0.2) is 15.0 Å². The van der Waals surface area contributed by atoms with Gasteiger partial charge >= 0.3 is 6.05 Å². The first-order chi connectivity index (χ1) is 14.7. The quantitative estimate of drug-likeness (QED) is 0.399. The molecule has 4 heterocycles. The van der Waals surface area contributed by atoms with Gasteiger partial charge in [0.25, 0.3) is 0 Å². The Bertz CT molecular complexity index is 1470. The van der Waals surface area contributed by atoms with E-state index in [4.69, 9.17) is 0 Å². The summed E-state index contributed by atoms with van der Waals surface area (Å²) in [4.78, 5) is 12.6. The zero-order valence-corrected chi connectivity index (χ0v) is 17.4. The van der Waals surface area contributed by atoms with Crippen molar-refractivity contribution in [1.82, 2.24) is 34.3 Å². The standard InChI is InChI=1S/C20H16F2N7OP/c1-31(2,30)15-6-3-13(4-7-15)16-11-24-18-19(25-16)29(27-26-18)20(21,22)14-5-8-17-23-9-10-28(17)12-14/h3-12H,1-2H3. The SMILES string of the molecule is CP(C)(=O)c1ccc(-c2cnc3nnn(C(F)(F)c4ccc5nccn5c4)c3n2)cc1. The number of nitrogens with zero attached hydrogens (tertiary/aromatic N) is 7. The summed E-state index contributed by atoms with van der Waals surface area (Å²) >= 11 is 0. The molecule has 0 unspecified atom stereocenters. The molecule has 0 saturated heterocycles. The lowest BCUT2D eigenvalue weighted by Crippen LogP contribution is -2.26. The monoisotopic (exact) mass is 439 g/mol. The van der Waals surface area contributed by atoms with Gasteiger partial charge in [-0.2, -0.15) is 13.5 Å². The maximum absolute atomic E-state index is 15.3. The molecule has 0 radical (unpaired) electrons. The molecule has 0 atom stereocenters. The minimum atomic E-state index is -3.51. The highest BCUT2D eigenvalue weighted by Gasteiger charge is 2.38. The van der Waals surface area contributed by atoms with Crippen LogP contribution in [0.3, 0.4) is 0 Å². The molecular formula is C20H16F2N7OP. The van der Waals surface area contributed by atoms with E-state index in [2.05, 4.69) is 25.3 Å². The van der Waals surface area contributed by atoms with Gasteiger partial charge in [-0.05, 0) is 25.5 Å². The van der Waals surface area contributed by atoms with Crippen LogP contribution in [0.15, 0.2) is 61.2 Å². The number of imidazole rings is 1. The Balaban J connectivity index is 1.59. The summed E-state index contributed by atoms with van der Waals surface area (Å²) in [6, 6.07) is 6.25. The molecule has 0 aliphatic rings. The number of benzene rings is 1. The van der Waals surface area contributed by atoms with Crippen LogP contribution in [-0.4, -0.2) is 47.7 Å². The molecule has 5 rings (SSSR count). The van der Waals surface area contributed by atoms with Crippen LogP contribution in [-0.2, 0) is 10.6 Å². The van der Waals surface area contributed by atoms with Gasteiger partial charge in [0.05, 0.1) is 17.5 Å². The molecule has 0 saturated carbocycles. The van der Waals surface area contributed by atoms with Crippen molar-refractivity contribution in [3.63, 3.8) is 0 Å². The topological polar surface area (TPSA) is 90.9 Å². The largest absolute Gasteiger partial charge is 0.375 e. The van der Waals surface area contributed by atoms with Gasteiger partial charge in [0.2, 0.25) is 11.3 Å². The second-order valence-corrected chi connectivity index (χ2v) is 10.7. The third kappa shape index (κ3) is 3.29. The summed E-state index contributed by atoms with van der Waals surface area (Å²) in [5.74, 6) is 0. The van der Waals surface area contributed by atoms with E-state index in [-0.39, 0.29) is 16.9 Å². The van der Waals surface area contributed by atoms with E-state index in [0.29, 0.717) is 21.6 Å². The third-order valence-electron chi connectivity index (χ3n) is 4.95. The molecule has 5 aromatic rings. The fraction of sp³-hybridized carbons (Fsp3) is 0.150.